The van der Waals surface area contributed by atoms with E-state index in [-0.39, 0.29) is 41.3 Å². The lowest BCUT2D eigenvalue weighted by Gasteiger charge is -2.33. The monoisotopic (exact) mass is 641 g/mol. The van der Waals surface area contributed by atoms with Crippen LogP contribution in [-0.2, 0) is 6.54 Å². The van der Waals surface area contributed by atoms with Gasteiger partial charge in [-0.05, 0) is 51.6 Å². The highest BCUT2D eigenvalue weighted by molar-refractivity contribution is 7.18. The van der Waals surface area contributed by atoms with Crippen molar-refractivity contribution in [3.05, 3.63) is 73.9 Å². The van der Waals surface area contributed by atoms with Gasteiger partial charge in [-0.3, -0.25) is 19.2 Å². The Balaban J connectivity index is 1.22. The quantitative estimate of drug-likeness (QED) is 0.262. The normalized spacial score (nSPS) is 17.8. The Labute approximate surface area is 266 Å². The number of aromatic carboxylic acids is 1. The predicted molar refractivity (Wildman–Crippen MR) is 173 cm³/mol. The minimum Gasteiger partial charge on any atom is -0.491 e. The molecular formula is C32H28ClN7O4S. The number of anilines is 1. The zero-order valence-corrected chi connectivity index (χ0v) is 26.3. The molecule has 45 heavy (non-hydrogen) atoms. The van der Waals surface area contributed by atoms with Gasteiger partial charge >= 0.3 is 5.97 Å². The second-order valence-electron chi connectivity index (χ2n) is 11.4. The fourth-order valence-electron chi connectivity index (χ4n) is 6.32. The molecule has 13 heteroatoms. The first-order valence-electron chi connectivity index (χ1n) is 14.5. The first-order chi connectivity index (χ1) is 21.7. The first kappa shape index (κ1) is 29.2. The van der Waals surface area contributed by atoms with Gasteiger partial charge < -0.3 is 14.7 Å². The molecule has 1 N–H and O–H groups in total. The number of ether oxygens (including phenoxy) is 1. The molecule has 7 rings (SSSR count). The Morgan fingerprint density at radius 2 is 2.00 bits per heavy atom. The van der Waals surface area contributed by atoms with Crippen molar-refractivity contribution in [2.75, 3.05) is 31.6 Å². The summed E-state index contributed by atoms with van der Waals surface area (Å²) < 4.78 is 8.48. The topological polar surface area (TPSA) is 137 Å². The van der Waals surface area contributed by atoms with Crippen LogP contribution in [-0.4, -0.2) is 74.3 Å². The minimum atomic E-state index is -1.05. The average molecular weight is 642 g/mol. The third kappa shape index (κ3) is 4.88. The van der Waals surface area contributed by atoms with E-state index in [2.05, 4.69) is 27.9 Å². The van der Waals surface area contributed by atoms with Crippen molar-refractivity contribution < 1.29 is 14.6 Å². The SMILES string of the molecule is Cc1nc(N2CCN(C)C3CC32)c(C#N)c2c(=O)n(CCOc3ccc(Cl)cc3-c3ccnc4c(C(=O)O)csc34)c(C)nc12. The number of aryl methyl sites for hydroxylation is 2. The Hall–Kier alpha value is -4.57. The average Bonchev–Trinajstić information content (AvgIpc) is 3.71. The van der Waals surface area contributed by atoms with Crippen LogP contribution >= 0.6 is 22.9 Å². The number of thiophene rings is 1. The number of benzene rings is 1. The lowest BCUT2D eigenvalue weighted by Crippen LogP contribution is -2.45. The number of piperazine rings is 1. The highest BCUT2D eigenvalue weighted by Crippen LogP contribution is 2.41. The molecule has 1 saturated heterocycles. The molecule has 0 spiro atoms. The molecule has 5 aromatic rings. The molecule has 0 bridgehead atoms. The highest BCUT2D eigenvalue weighted by Gasteiger charge is 2.48. The Kier molecular flexibility index (Phi) is 7.19. The highest BCUT2D eigenvalue weighted by atomic mass is 35.5. The molecule has 2 fully saturated rings. The van der Waals surface area contributed by atoms with Gasteiger partial charge in [0.2, 0.25) is 0 Å². The molecule has 2 atom stereocenters. The van der Waals surface area contributed by atoms with Crippen LogP contribution in [0.3, 0.4) is 0 Å². The van der Waals surface area contributed by atoms with Crippen LogP contribution in [0.1, 0.15) is 33.9 Å². The Bertz CT molecular complexity index is 2140. The summed E-state index contributed by atoms with van der Waals surface area (Å²) in [6.45, 7) is 5.50. The van der Waals surface area contributed by atoms with Crippen molar-refractivity contribution in [3.8, 4) is 22.9 Å². The number of fused-ring (bicyclic) bond motifs is 3. The summed E-state index contributed by atoms with van der Waals surface area (Å²) in [4.78, 5) is 44.0. The minimum absolute atomic E-state index is 0.128. The van der Waals surface area contributed by atoms with Crippen molar-refractivity contribution >= 4 is 55.8 Å². The number of likely N-dealkylation sites (N-methyl/N-ethyl adjacent to an activating group) is 1. The van der Waals surface area contributed by atoms with E-state index in [1.165, 1.54) is 15.9 Å². The summed E-state index contributed by atoms with van der Waals surface area (Å²) in [5, 5.41) is 22.2. The Morgan fingerprint density at radius 3 is 2.78 bits per heavy atom. The molecule has 228 valence electrons. The molecule has 2 unspecified atom stereocenters. The predicted octanol–water partition coefficient (Wildman–Crippen LogP) is 4.88. The molecule has 1 saturated carbocycles. The summed E-state index contributed by atoms with van der Waals surface area (Å²) in [7, 11) is 2.11. The van der Waals surface area contributed by atoms with Crippen LogP contribution in [0.4, 0.5) is 5.82 Å². The summed E-state index contributed by atoms with van der Waals surface area (Å²) in [6.07, 6.45) is 2.58. The number of halogens is 1. The first-order valence-corrected chi connectivity index (χ1v) is 15.7. The summed E-state index contributed by atoms with van der Waals surface area (Å²) in [5.74, 6) is 0.524. The molecule has 0 radical (unpaired) electrons. The van der Waals surface area contributed by atoms with Crippen molar-refractivity contribution in [1.82, 2.24) is 24.4 Å². The Morgan fingerprint density at radius 1 is 1.18 bits per heavy atom. The van der Waals surface area contributed by atoms with Crippen LogP contribution in [0, 0.1) is 25.2 Å². The molecule has 4 aromatic heterocycles. The maximum atomic E-state index is 14.0. The lowest BCUT2D eigenvalue weighted by atomic mass is 10.0. The second kappa shape index (κ2) is 11.1. The second-order valence-corrected chi connectivity index (χ2v) is 12.7. The summed E-state index contributed by atoms with van der Waals surface area (Å²) in [5.41, 5.74) is 2.96. The summed E-state index contributed by atoms with van der Waals surface area (Å²) in [6, 6.07) is 10.0. The van der Waals surface area contributed by atoms with Gasteiger partial charge in [-0.25, -0.2) is 14.8 Å². The van der Waals surface area contributed by atoms with Crippen molar-refractivity contribution in [2.24, 2.45) is 0 Å². The van der Waals surface area contributed by atoms with Gasteiger partial charge in [0.25, 0.3) is 5.56 Å². The molecule has 1 aliphatic heterocycles. The van der Waals surface area contributed by atoms with E-state index in [1.54, 1.807) is 42.8 Å². The number of carbonyl (C=O) groups is 1. The molecule has 0 amide bonds. The van der Waals surface area contributed by atoms with E-state index in [0.29, 0.717) is 55.4 Å². The number of rotatable bonds is 7. The van der Waals surface area contributed by atoms with E-state index in [1.807, 2.05) is 6.92 Å². The number of nitrogens with zero attached hydrogens (tertiary/aromatic N) is 7. The van der Waals surface area contributed by atoms with Gasteiger partial charge in [-0.1, -0.05) is 11.6 Å². The molecule has 1 aliphatic carbocycles. The fraction of sp³-hybridized carbons (Fsp3) is 0.312. The van der Waals surface area contributed by atoms with Crippen LogP contribution in [0.25, 0.3) is 32.2 Å². The van der Waals surface area contributed by atoms with E-state index >= 15 is 0 Å². The van der Waals surface area contributed by atoms with Gasteiger partial charge in [-0.15, -0.1) is 11.3 Å². The van der Waals surface area contributed by atoms with Crippen molar-refractivity contribution in [1.29, 1.82) is 5.26 Å². The molecule has 5 heterocycles. The van der Waals surface area contributed by atoms with E-state index in [4.69, 9.17) is 26.3 Å². The lowest BCUT2D eigenvalue weighted by molar-refractivity contribution is 0.0699. The van der Waals surface area contributed by atoms with Gasteiger partial charge in [0.15, 0.2) is 0 Å². The maximum absolute atomic E-state index is 14.0. The van der Waals surface area contributed by atoms with Crippen molar-refractivity contribution in [2.45, 2.75) is 38.9 Å². The molecule has 1 aromatic carbocycles. The number of carboxylic acid groups (broad SMARTS) is 1. The van der Waals surface area contributed by atoms with Gasteiger partial charge in [0.1, 0.15) is 41.1 Å². The number of pyridine rings is 2. The summed E-state index contributed by atoms with van der Waals surface area (Å²) >= 11 is 7.67. The van der Waals surface area contributed by atoms with Gasteiger partial charge in [0, 0.05) is 52.9 Å². The smallest absolute Gasteiger partial charge is 0.338 e. The van der Waals surface area contributed by atoms with Crippen LogP contribution in [0.2, 0.25) is 5.02 Å². The third-order valence-electron chi connectivity index (χ3n) is 8.71. The van der Waals surface area contributed by atoms with Crippen LogP contribution in [0.15, 0.2) is 40.6 Å². The van der Waals surface area contributed by atoms with Gasteiger partial charge in [0.05, 0.1) is 33.4 Å². The maximum Gasteiger partial charge on any atom is 0.338 e. The number of hydrogen-bond donors (Lipinski definition) is 1. The van der Waals surface area contributed by atoms with Crippen molar-refractivity contribution in [3.63, 3.8) is 0 Å². The zero-order chi connectivity index (χ0) is 31.6. The van der Waals surface area contributed by atoms with Crippen LogP contribution < -0.4 is 15.2 Å². The molecule has 2 aliphatic rings. The van der Waals surface area contributed by atoms with Crippen LogP contribution in [0.5, 0.6) is 5.75 Å². The fourth-order valence-corrected chi connectivity index (χ4v) is 7.52. The third-order valence-corrected chi connectivity index (χ3v) is 9.94. The molecule has 11 nitrogen and oxygen atoms in total. The zero-order valence-electron chi connectivity index (χ0n) is 24.7. The number of carboxylic acids is 1. The standard InChI is InChI=1S/C32H28ClN7O4S/c1-16-27-26(21(14-34)30(36-16)40-9-8-38(3)23-13-24(23)40)31(41)39(17(2)37-27)10-11-44-25-5-4-18(33)12-20(25)19-6-7-35-28-22(32(42)43)15-45-29(19)28/h4-7,12,15,23-24H,8-11,13H2,1-3H3,(H,42,43). The number of nitriles is 1. The van der Waals surface area contributed by atoms with Gasteiger partial charge in [-0.2, -0.15) is 5.26 Å². The van der Waals surface area contributed by atoms with E-state index in [0.717, 1.165) is 25.1 Å². The number of hydrogen-bond acceptors (Lipinski definition) is 10. The van der Waals surface area contributed by atoms with E-state index in [9.17, 15) is 20.0 Å². The largest absolute Gasteiger partial charge is 0.491 e. The van der Waals surface area contributed by atoms with E-state index < -0.39 is 5.97 Å². The molecular weight excluding hydrogens is 614 g/mol. The number of aromatic nitrogens is 4.